The number of fused-ring (bicyclic) bond motifs is 1. The summed E-state index contributed by atoms with van der Waals surface area (Å²) in [6, 6.07) is 23.3. The Morgan fingerprint density at radius 2 is 1.81 bits per heavy atom. The van der Waals surface area contributed by atoms with Gasteiger partial charge in [-0.3, -0.25) is 14.5 Å². The molecule has 1 amide bonds. The minimum atomic E-state index is -0.994. The average molecular weight is 539 g/mol. The molecule has 8 heteroatoms. The van der Waals surface area contributed by atoms with Crippen LogP contribution in [0.25, 0.3) is 0 Å². The molecule has 0 aromatic heterocycles. The molecule has 1 aliphatic rings. The van der Waals surface area contributed by atoms with Crippen LogP contribution in [0.5, 0.6) is 5.75 Å². The maximum Gasteiger partial charge on any atom is 0.303 e. The van der Waals surface area contributed by atoms with Crippen LogP contribution in [0.4, 0.5) is 5.69 Å². The number of anilines is 1. The fourth-order valence-corrected chi connectivity index (χ4v) is 5.99. The fraction of sp³-hybridized carbons (Fsp3) is 0.310. The number of methoxy groups -OCH3 is 1. The minimum Gasteiger partial charge on any atom is -0.497 e. The fourth-order valence-electron chi connectivity index (χ4n) is 4.40. The molecule has 1 heterocycles. The quantitative estimate of drug-likeness (QED) is 0.312. The summed E-state index contributed by atoms with van der Waals surface area (Å²) in [4.78, 5) is 31.1. The number of hydrogen-bond donors (Lipinski definition) is 0. The Hall–Kier alpha value is -3.00. The average Bonchev–Trinajstić information content (AvgIpc) is 3.01. The van der Waals surface area contributed by atoms with E-state index in [2.05, 4.69) is 24.0 Å². The van der Waals surface area contributed by atoms with Crippen LogP contribution in [0.2, 0.25) is 5.02 Å². The van der Waals surface area contributed by atoms with Crippen molar-refractivity contribution in [2.75, 3.05) is 31.6 Å². The topological polar surface area (TPSA) is 59.1 Å². The number of carbonyl (C=O) groups excluding carboxylic acids is 2. The predicted octanol–water partition coefficient (Wildman–Crippen LogP) is 5.98. The van der Waals surface area contributed by atoms with E-state index in [4.69, 9.17) is 21.1 Å². The van der Waals surface area contributed by atoms with Gasteiger partial charge in [-0.1, -0.05) is 61.0 Å². The normalized spacial score (nSPS) is 17.3. The van der Waals surface area contributed by atoms with Gasteiger partial charge in [-0.25, -0.2) is 0 Å². The number of rotatable bonds is 9. The van der Waals surface area contributed by atoms with E-state index in [-0.39, 0.29) is 5.91 Å². The highest BCUT2D eigenvalue weighted by molar-refractivity contribution is 7.99. The first-order chi connectivity index (χ1) is 17.9. The molecule has 0 bridgehead atoms. The summed E-state index contributed by atoms with van der Waals surface area (Å²) >= 11 is 7.86. The number of nitrogens with zero attached hydrogens (tertiary/aromatic N) is 2. The molecule has 3 aromatic carbocycles. The van der Waals surface area contributed by atoms with Crippen molar-refractivity contribution in [3.05, 3.63) is 88.9 Å². The molecule has 0 spiro atoms. The Balaban J connectivity index is 1.67. The Kier molecular flexibility index (Phi) is 9.14. The predicted molar refractivity (Wildman–Crippen MR) is 148 cm³/mol. The molecule has 0 unspecified atom stereocenters. The van der Waals surface area contributed by atoms with Crippen LogP contribution in [0.15, 0.2) is 77.7 Å². The summed E-state index contributed by atoms with van der Waals surface area (Å²) in [5, 5.41) is 0.133. The van der Waals surface area contributed by atoms with Crippen molar-refractivity contribution in [3.63, 3.8) is 0 Å². The first-order valence-electron chi connectivity index (χ1n) is 12.2. The molecule has 3 aromatic rings. The molecular formula is C29H31ClN2O4S. The van der Waals surface area contributed by atoms with E-state index in [1.54, 1.807) is 18.1 Å². The molecule has 0 N–H and O–H groups in total. The zero-order valence-corrected chi connectivity index (χ0v) is 22.8. The maximum atomic E-state index is 14.1. The molecule has 0 saturated carbocycles. The van der Waals surface area contributed by atoms with Crippen molar-refractivity contribution >= 4 is 40.9 Å². The molecule has 194 valence electrons. The largest absolute Gasteiger partial charge is 0.497 e. The van der Waals surface area contributed by atoms with E-state index in [0.29, 0.717) is 23.9 Å². The van der Waals surface area contributed by atoms with Gasteiger partial charge in [-0.05, 0) is 48.0 Å². The van der Waals surface area contributed by atoms with E-state index >= 15 is 0 Å². The highest BCUT2D eigenvalue weighted by Gasteiger charge is 2.41. The minimum absolute atomic E-state index is 0.250. The molecule has 6 nitrogen and oxygen atoms in total. The lowest BCUT2D eigenvalue weighted by Gasteiger charge is -2.30. The monoisotopic (exact) mass is 538 g/mol. The number of hydrogen-bond acceptors (Lipinski definition) is 6. The molecule has 2 atom stereocenters. The van der Waals surface area contributed by atoms with Gasteiger partial charge in [-0.2, -0.15) is 0 Å². The van der Waals surface area contributed by atoms with Crippen molar-refractivity contribution in [3.8, 4) is 5.75 Å². The van der Waals surface area contributed by atoms with Gasteiger partial charge in [0.2, 0.25) is 0 Å². The molecule has 0 saturated heterocycles. The van der Waals surface area contributed by atoms with Gasteiger partial charge in [0.25, 0.3) is 5.91 Å². The zero-order chi connectivity index (χ0) is 26.4. The molecule has 0 fully saturated rings. The zero-order valence-electron chi connectivity index (χ0n) is 21.2. The van der Waals surface area contributed by atoms with Gasteiger partial charge in [0, 0.05) is 36.5 Å². The van der Waals surface area contributed by atoms with Gasteiger partial charge in [-0.15, -0.1) is 11.8 Å². The number of amides is 1. The van der Waals surface area contributed by atoms with Crippen LogP contribution >= 0.6 is 23.4 Å². The number of likely N-dealkylation sites (N-methyl/N-ethyl adjacent to an activating group) is 1. The highest BCUT2D eigenvalue weighted by Crippen LogP contribution is 2.47. The second-order valence-electron chi connectivity index (χ2n) is 8.80. The van der Waals surface area contributed by atoms with Gasteiger partial charge < -0.3 is 14.4 Å². The van der Waals surface area contributed by atoms with Gasteiger partial charge >= 0.3 is 5.97 Å². The van der Waals surface area contributed by atoms with E-state index in [0.717, 1.165) is 29.2 Å². The third-order valence-corrected chi connectivity index (χ3v) is 7.91. The van der Waals surface area contributed by atoms with Crippen LogP contribution in [-0.4, -0.2) is 49.6 Å². The van der Waals surface area contributed by atoms with Gasteiger partial charge in [0.05, 0.1) is 18.0 Å². The second-order valence-corrected chi connectivity index (χ2v) is 10.4. The van der Waals surface area contributed by atoms with Gasteiger partial charge in [0.1, 0.15) is 5.75 Å². The maximum absolute atomic E-state index is 14.1. The second kappa shape index (κ2) is 12.5. The van der Waals surface area contributed by atoms with Crippen molar-refractivity contribution in [2.45, 2.75) is 36.6 Å². The summed E-state index contributed by atoms with van der Waals surface area (Å²) in [7, 11) is 1.61. The number of carbonyl (C=O) groups is 2. The smallest absolute Gasteiger partial charge is 0.303 e. The molecular weight excluding hydrogens is 508 g/mol. The van der Waals surface area contributed by atoms with Gasteiger partial charge in [0.15, 0.2) is 6.10 Å². The first-order valence-corrected chi connectivity index (χ1v) is 13.5. The van der Waals surface area contributed by atoms with E-state index < -0.39 is 17.3 Å². The van der Waals surface area contributed by atoms with Crippen LogP contribution < -0.4 is 9.64 Å². The van der Waals surface area contributed by atoms with Crippen molar-refractivity contribution in [2.24, 2.45) is 0 Å². The number of ether oxygens (including phenoxy) is 2. The Morgan fingerprint density at radius 1 is 1.08 bits per heavy atom. The lowest BCUT2D eigenvalue weighted by molar-refractivity contribution is -0.152. The summed E-state index contributed by atoms with van der Waals surface area (Å²) in [6.07, 6.45) is -0.994. The SMILES string of the molecule is CCN(CCN1C(=O)[C@H](OC(C)=O)[C@H](c2ccc(OC)cc2)Sc2cc(Cl)ccc21)Cc1ccccc1. The number of esters is 1. The highest BCUT2D eigenvalue weighted by atomic mass is 35.5. The van der Waals surface area contributed by atoms with Crippen molar-refractivity contribution < 1.29 is 19.1 Å². The third-order valence-electron chi connectivity index (χ3n) is 6.32. The summed E-state index contributed by atoms with van der Waals surface area (Å²) in [6.45, 7) is 6.16. The number of halogens is 1. The lowest BCUT2D eigenvalue weighted by atomic mass is 10.1. The van der Waals surface area contributed by atoms with E-state index in [9.17, 15) is 9.59 Å². The van der Waals surface area contributed by atoms with Crippen molar-refractivity contribution in [1.29, 1.82) is 0 Å². The Bertz CT molecular complexity index is 1220. The Labute approximate surface area is 227 Å². The van der Waals surface area contributed by atoms with E-state index in [1.165, 1.54) is 24.2 Å². The van der Waals surface area contributed by atoms with Crippen LogP contribution in [0.1, 0.15) is 30.2 Å². The Morgan fingerprint density at radius 3 is 2.46 bits per heavy atom. The first kappa shape index (κ1) is 27.0. The number of thioether (sulfide) groups is 1. The van der Waals surface area contributed by atoms with E-state index in [1.807, 2.05) is 54.6 Å². The summed E-state index contributed by atoms with van der Waals surface area (Å²) in [5.74, 6) is -0.0399. The summed E-state index contributed by atoms with van der Waals surface area (Å²) in [5.41, 5.74) is 2.84. The van der Waals surface area contributed by atoms with Crippen LogP contribution in [0.3, 0.4) is 0 Å². The third kappa shape index (κ3) is 6.66. The standard InChI is InChI=1S/C29H31ClN2O4S/c1-4-31(19-21-8-6-5-7-9-21)16-17-32-25-15-12-23(30)18-26(25)37-28(27(29(32)34)36-20(2)33)22-10-13-24(35-3)14-11-22/h5-15,18,27-28H,4,16-17,19H2,1-3H3/t27-,28+/m1/s1. The molecule has 1 aliphatic heterocycles. The summed E-state index contributed by atoms with van der Waals surface area (Å²) < 4.78 is 11.0. The molecule has 4 rings (SSSR count). The lowest BCUT2D eigenvalue weighted by Crippen LogP contribution is -2.45. The van der Waals surface area contributed by atoms with Crippen LogP contribution in [-0.2, 0) is 20.9 Å². The number of benzene rings is 3. The van der Waals surface area contributed by atoms with Crippen LogP contribution in [0, 0.1) is 0 Å². The van der Waals surface area contributed by atoms with Crippen molar-refractivity contribution in [1.82, 2.24) is 4.90 Å². The molecule has 0 aliphatic carbocycles. The molecule has 0 radical (unpaired) electrons. The molecule has 37 heavy (non-hydrogen) atoms.